The third-order valence-corrected chi connectivity index (χ3v) is 3.18. The minimum absolute atomic E-state index is 0.138. The molecule has 0 atom stereocenters. The summed E-state index contributed by atoms with van der Waals surface area (Å²) in [7, 11) is 1.42. The van der Waals surface area contributed by atoms with E-state index in [0.29, 0.717) is 19.1 Å². The second kappa shape index (κ2) is 10.2. The molecular weight excluding hydrogens is 266 g/mol. The largest absolute Gasteiger partial charge is 0.493 e. The SMILES string of the molecule is COC(=O)CCCCCOc1ccccc1CNC(C)C. The van der Waals surface area contributed by atoms with Crippen LogP contribution in [0.3, 0.4) is 0 Å². The molecule has 0 saturated carbocycles. The second-order valence-electron chi connectivity index (χ2n) is 5.38. The van der Waals surface area contributed by atoms with Crippen LogP contribution < -0.4 is 10.1 Å². The minimum atomic E-state index is -0.138. The number of ether oxygens (including phenoxy) is 2. The van der Waals surface area contributed by atoms with Crippen molar-refractivity contribution in [1.29, 1.82) is 0 Å². The smallest absolute Gasteiger partial charge is 0.305 e. The fourth-order valence-corrected chi connectivity index (χ4v) is 1.94. The van der Waals surface area contributed by atoms with Crippen LogP contribution in [0, 0.1) is 0 Å². The van der Waals surface area contributed by atoms with Gasteiger partial charge in [0.2, 0.25) is 0 Å². The Morgan fingerprint density at radius 3 is 2.67 bits per heavy atom. The molecule has 0 fully saturated rings. The lowest BCUT2D eigenvalue weighted by atomic mass is 10.2. The van der Waals surface area contributed by atoms with Crippen LogP contribution in [0.25, 0.3) is 0 Å². The van der Waals surface area contributed by atoms with Gasteiger partial charge in [-0.1, -0.05) is 32.0 Å². The van der Waals surface area contributed by atoms with Crippen molar-refractivity contribution in [2.75, 3.05) is 13.7 Å². The lowest BCUT2D eigenvalue weighted by Crippen LogP contribution is -2.22. The number of unbranched alkanes of at least 4 members (excludes halogenated alkanes) is 2. The quantitative estimate of drug-likeness (QED) is 0.531. The van der Waals surface area contributed by atoms with Crippen LogP contribution in [0.4, 0.5) is 0 Å². The van der Waals surface area contributed by atoms with Crippen LogP contribution >= 0.6 is 0 Å². The fraction of sp³-hybridized carbons (Fsp3) is 0.588. The summed E-state index contributed by atoms with van der Waals surface area (Å²) in [6.45, 7) is 5.76. The molecule has 4 nitrogen and oxygen atoms in total. The number of methoxy groups -OCH3 is 1. The Morgan fingerprint density at radius 2 is 1.95 bits per heavy atom. The maximum absolute atomic E-state index is 11.0. The molecule has 0 unspecified atom stereocenters. The molecule has 21 heavy (non-hydrogen) atoms. The first-order chi connectivity index (χ1) is 10.1. The Morgan fingerprint density at radius 1 is 1.19 bits per heavy atom. The first-order valence-electron chi connectivity index (χ1n) is 7.64. The topological polar surface area (TPSA) is 47.6 Å². The van der Waals surface area contributed by atoms with Gasteiger partial charge in [-0.2, -0.15) is 0 Å². The Balaban J connectivity index is 2.26. The van der Waals surface area contributed by atoms with Gasteiger partial charge in [-0.05, 0) is 25.3 Å². The number of para-hydroxylation sites is 1. The van der Waals surface area contributed by atoms with Crippen molar-refractivity contribution in [2.45, 2.75) is 52.1 Å². The van der Waals surface area contributed by atoms with Crippen molar-refractivity contribution in [1.82, 2.24) is 5.32 Å². The molecule has 118 valence electrons. The second-order valence-corrected chi connectivity index (χ2v) is 5.38. The van der Waals surface area contributed by atoms with E-state index in [4.69, 9.17) is 4.74 Å². The average molecular weight is 293 g/mol. The number of hydrogen-bond acceptors (Lipinski definition) is 4. The van der Waals surface area contributed by atoms with Gasteiger partial charge < -0.3 is 14.8 Å². The average Bonchev–Trinajstić information content (AvgIpc) is 2.49. The molecule has 0 aromatic heterocycles. The normalized spacial score (nSPS) is 10.7. The van der Waals surface area contributed by atoms with Crippen molar-refractivity contribution < 1.29 is 14.3 Å². The number of benzene rings is 1. The Kier molecular flexibility index (Phi) is 8.51. The molecule has 1 N–H and O–H groups in total. The van der Waals surface area contributed by atoms with Gasteiger partial charge in [-0.25, -0.2) is 0 Å². The molecule has 1 rings (SSSR count). The van der Waals surface area contributed by atoms with Gasteiger partial charge >= 0.3 is 5.97 Å². The van der Waals surface area contributed by atoms with Gasteiger partial charge in [0.1, 0.15) is 5.75 Å². The molecule has 0 heterocycles. The number of nitrogens with one attached hydrogen (secondary N) is 1. The Labute approximate surface area is 127 Å². The number of hydrogen-bond donors (Lipinski definition) is 1. The third-order valence-electron chi connectivity index (χ3n) is 3.18. The van der Waals surface area contributed by atoms with Crippen molar-refractivity contribution in [3.05, 3.63) is 29.8 Å². The first-order valence-corrected chi connectivity index (χ1v) is 7.64. The van der Waals surface area contributed by atoms with E-state index in [2.05, 4.69) is 30.0 Å². The van der Waals surface area contributed by atoms with Crippen molar-refractivity contribution >= 4 is 5.97 Å². The lowest BCUT2D eigenvalue weighted by Gasteiger charge is -2.13. The molecule has 0 aliphatic heterocycles. The Hall–Kier alpha value is -1.55. The van der Waals surface area contributed by atoms with Crippen molar-refractivity contribution in [2.24, 2.45) is 0 Å². The molecule has 0 bridgehead atoms. The summed E-state index contributed by atoms with van der Waals surface area (Å²) in [6.07, 6.45) is 3.27. The third kappa shape index (κ3) is 7.71. The maximum Gasteiger partial charge on any atom is 0.305 e. The predicted molar refractivity (Wildman–Crippen MR) is 84.4 cm³/mol. The van der Waals surface area contributed by atoms with Crippen LogP contribution in [0.15, 0.2) is 24.3 Å². The highest BCUT2D eigenvalue weighted by Crippen LogP contribution is 2.18. The summed E-state index contributed by atoms with van der Waals surface area (Å²) < 4.78 is 10.5. The molecular formula is C17H27NO3. The molecule has 1 aromatic carbocycles. The molecule has 0 aliphatic rings. The molecule has 0 radical (unpaired) electrons. The van der Waals surface area contributed by atoms with Crippen LogP contribution in [-0.4, -0.2) is 25.7 Å². The molecule has 0 aliphatic carbocycles. The lowest BCUT2D eigenvalue weighted by molar-refractivity contribution is -0.140. The predicted octanol–water partition coefficient (Wildman–Crippen LogP) is 3.30. The van der Waals surface area contributed by atoms with E-state index in [1.165, 1.54) is 12.7 Å². The van der Waals surface area contributed by atoms with Crippen LogP contribution in [0.2, 0.25) is 0 Å². The highest BCUT2D eigenvalue weighted by molar-refractivity contribution is 5.68. The zero-order chi connectivity index (χ0) is 15.5. The van der Waals surface area contributed by atoms with Crippen LogP contribution in [-0.2, 0) is 16.1 Å². The number of carbonyl (C=O) groups excluding carboxylic acids is 1. The van der Waals surface area contributed by atoms with Gasteiger partial charge in [-0.3, -0.25) is 4.79 Å². The summed E-state index contributed by atoms with van der Waals surface area (Å²) in [6, 6.07) is 8.57. The van der Waals surface area contributed by atoms with E-state index < -0.39 is 0 Å². The van der Waals surface area contributed by atoms with E-state index in [-0.39, 0.29) is 5.97 Å². The van der Waals surface area contributed by atoms with Crippen molar-refractivity contribution in [3.63, 3.8) is 0 Å². The van der Waals surface area contributed by atoms with Gasteiger partial charge in [0.25, 0.3) is 0 Å². The highest BCUT2D eigenvalue weighted by Gasteiger charge is 2.04. The van der Waals surface area contributed by atoms with E-state index in [1.54, 1.807) is 0 Å². The fourth-order valence-electron chi connectivity index (χ4n) is 1.94. The highest BCUT2D eigenvalue weighted by atomic mass is 16.5. The zero-order valence-electron chi connectivity index (χ0n) is 13.4. The van der Waals surface area contributed by atoms with Crippen molar-refractivity contribution in [3.8, 4) is 5.75 Å². The Bertz CT molecular complexity index is 418. The summed E-state index contributed by atoms with van der Waals surface area (Å²) in [4.78, 5) is 11.0. The summed E-state index contributed by atoms with van der Waals surface area (Å²) in [5, 5.41) is 3.40. The van der Waals surface area contributed by atoms with E-state index in [9.17, 15) is 4.79 Å². The number of rotatable bonds is 10. The minimum Gasteiger partial charge on any atom is -0.493 e. The first kappa shape index (κ1) is 17.5. The molecule has 0 amide bonds. The molecule has 1 aromatic rings. The van der Waals surface area contributed by atoms with E-state index in [0.717, 1.165) is 31.6 Å². The number of carbonyl (C=O) groups is 1. The van der Waals surface area contributed by atoms with E-state index in [1.807, 2.05) is 18.2 Å². The van der Waals surface area contributed by atoms with E-state index >= 15 is 0 Å². The zero-order valence-corrected chi connectivity index (χ0v) is 13.4. The summed E-state index contributed by atoms with van der Waals surface area (Å²) in [5.41, 5.74) is 1.18. The molecule has 4 heteroatoms. The van der Waals surface area contributed by atoms with Crippen LogP contribution in [0.1, 0.15) is 45.1 Å². The van der Waals surface area contributed by atoms with Crippen LogP contribution in [0.5, 0.6) is 5.75 Å². The van der Waals surface area contributed by atoms with Gasteiger partial charge in [0.05, 0.1) is 13.7 Å². The maximum atomic E-state index is 11.0. The standard InChI is InChI=1S/C17H27NO3/c1-14(2)18-13-15-9-6-7-10-16(15)21-12-8-4-5-11-17(19)20-3/h6-7,9-10,14,18H,4-5,8,11-13H2,1-3H3. The van der Waals surface area contributed by atoms with Gasteiger partial charge in [0.15, 0.2) is 0 Å². The summed E-state index contributed by atoms with van der Waals surface area (Å²) in [5.74, 6) is 0.805. The van der Waals surface area contributed by atoms with Gasteiger partial charge in [0, 0.05) is 24.6 Å². The molecule has 0 saturated heterocycles. The molecule has 0 spiro atoms. The summed E-state index contributed by atoms with van der Waals surface area (Å²) >= 11 is 0. The van der Waals surface area contributed by atoms with Gasteiger partial charge in [-0.15, -0.1) is 0 Å². The monoisotopic (exact) mass is 293 g/mol. The number of esters is 1.